The maximum absolute atomic E-state index is 6.24. The van der Waals surface area contributed by atoms with E-state index in [1.807, 2.05) is 56.1 Å². The van der Waals surface area contributed by atoms with Crippen molar-refractivity contribution in [2.45, 2.75) is 33.0 Å². The van der Waals surface area contributed by atoms with Crippen LogP contribution in [0.25, 0.3) is 10.9 Å². The van der Waals surface area contributed by atoms with Crippen molar-refractivity contribution >= 4 is 22.5 Å². The van der Waals surface area contributed by atoms with Gasteiger partial charge in [-0.05, 0) is 55.3 Å². The summed E-state index contributed by atoms with van der Waals surface area (Å²) in [6, 6.07) is 12.0. The molecule has 0 unspecified atom stereocenters. The van der Waals surface area contributed by atoms with E-state index in [0.717, 1.165) is 60.0 Å². The van der Waals surface area contributed by atoms with Crippen LogP contribution < -0.4 is 0 Å². The van der Waals surface area contributed by atoms with Gasteiger partial charge in [0.25, 0.3) is 0 Å². The molecule has 0 amide bonds. The summed E-state index contributed by atoms with van der Waals surface area (Å²) in [5.41, 5.74) is 2.19. The van der Waals surface area contributed by atoms with Gasteiger partial charge in [0.1, 0.15) is 11.5 Å². The Labute approximate surface area is 169 Å². The van der Waals surface area contributed by atoms with Crippen molar-refractivity contribution in [1.82, 2.24) is 19.4 Å². The smallest absolute Gasteiger partial charge is 0.118 e. The molecule has 3 heterocycles. The average molecular weight is 395 g/mol. The number of hydrogen-bond acceptors (Lipinski definition) is 4. The molecule has 0 aliphatic heterocycles. The van der Waals surface area contributed by atoms with Gasteiger partial charge in [0.15, 0.2) is 0 Å². The van der Waals surface area contributed by atoms with Gasteiger partial charge in [-0.1, -0.05) is 11.6 Å². The Bertz CT molecular complexity index is 1040. The summed E-state index contributed by atoms with van der Waals surface area (Å²) < 4.78 is 7.93. The summed E-state index contributed by atoms with van der Waals surface area (Å²) >= 11 is 6.24. The van der Waals surface area contributed by atoms with Gasteiger partial charge in [-0.25, -0.2) is 4.98 Å². The largest absolute Gasteiger partial charge is 0.465 e. The van der Waals surface area contributed by atoms with Gasteiger partial charge in [-0.15, -0.1) is 0 Å². The third-order valence-corrected chi connectivity index (χ3v) is 5.05. The Kier molecular flexibility index (Phi) is 5.74. The van der Waals surface area contributed by atoms with Gasteiger partial charge in [-0.2, -0.15) is 0 Å². The molecule has 0 aliphatic rings. The van der Waals surface area contributed by atoms with E-state index >= 15 is 0 Å². The second-order valence-electron chi connectivity index (χ2n) is 7.01. The van der Waals surface area contributed by atoms with Crippen LogP contribution in [0, 0.1) is 6.92 Å². The molecule has 5 nitrogen and oxygen atoms in total. The number of furan rings is 1. The van der Waals surface area contributed by atoms with Crippen LogP contribution in [0.15, 0.2) is 65.7 Å². The van der Waals surface area contributed by atoms with Crippen molar-refractivity contribution in [2.24, 2.45) is 0 Å². The summed E-state index contributed by atoms with van der Waals surface area (Å²) in [5.74, 6) is 1.92. The summed E-state index contributed by atoms with van der Waals surface area (Å²) in [4.78, 5) is 11.0. The number of imidazole rings is 1. The number of halogens is 1. The fourth-order valence-corrected chi connectivity index (χ4v) is 3.63. The van der Waals surface area contributed by atoms with Gasteiger partial charge >= 0.3 is 0 Å². The van der Waals surface area contributed by atoms with Crippen LogP contribution in [0.4, 0.5) is 0 Å². The van der Waals surface area contributed by atoms with E-state index < -0.39 is 0 Å². The normalized spacial score (nSPS) is 11.5. The molecule has 0 saturated heterocycles. The predicted molar refractivity (Wildman–Crippen MR) is 111 cm³/mol. The van der Waals surface area contributed by atoms with E-state index in [2.05, 4.69) is 31.6 Å². The van der Waals surface area contributed by atoms with Crippen molar-refractivity contribution in [3.63, 3.8) is 0 Å². The van der Waals surface area contributed by atoms with Crippen LogP contribution in [0.3, 0.4) is 0 Å². The molecular formula is C22H23ClN4O. The fourth-order valence-electron chi connectivity index (χ4n) is 3.45. The lowest BCUT2D eigenvalue weighted by Gasteiger charge is -2.22. The summed E-state index contributed by atoms with van der Waals surface area (Å²) in [6.45, 7) is 5.44. The molecule has 3 aromatic heterocycles. The number of rotatable bonds is 8. The molecular weight excluding hydrogens is 372 g/mol. The number of aromatic nitrogens is 3. The van der Waals surface area contributed by atoms with Gasteiger partial charge in [0.2, 0.25) is 0 Å². The van der Waals surface area contributed by atoms with Crippen molar-refractivity contribution in [3.8, 4) is 0 Å². The lowest BCUT2D eigenvalue weighted by atomic mass is 10.1. The van der Waals surface area contributed by atoms with E-state index in [-0.39, 0.29) is 0 Å². The van der Waals surface area contributed by atoms with Gasteiger partial charge in [-0.3, -0.25) is 9.88 Å². The number of hydrogen-bond donors (Lipinski definition) is 0. The zero-order valence-electron chi connectivity index (χ0n) is 15.9. The minimum Gasteiger partial charge on any atom is -0.465 e. The Morgan fingerprint density at radius 1 is 1.11 bits per heavy atom. The quantitative estimate of drug-likeness (QED) is 0.418. The van der Waals surface area contributed by atoms with Crippen LogP contribution in [-0.2, 0) is 19.6 Å². The highest BCUT2D eigenvalue weighted by atomic mass is 35.5. The molecule has 0 fully saturated rings. The SMILES string of the molecule is Cc1ccc(CN(CCCn2ccnc2)Cc2ccnc3ccc(Cl)cc23)o1. The van der Waals surface area contributed by atoms with E-state index in [1.54, 1.807) is 0 Å². The minimum atomic E-state index is 0.732. The fraction of sp³-hybridized carbons (Fsp3) is 0.273. The average Bonchev–Trinajstić information content (AvgIpc) is 3.34. The second kappa shape index (κ2) is 8.59. The molecule has 0 atom stereocenters. The van der Waals surface area contributed by atoms with Gasteiger partial charge < -0.3 is 8.98 Å². The summed E-state index contributed by atoms with van der Waals surface area (Å²) in [7, 11) is 0. The number of pyridine rings is 1. The molecule has 6 heteroatoms. The number of nitrogens with zero attached hydrogens (tertiary/aromatic N) is 4. The van der Waals surface area contributed by atoms with E-state index in [1.165, 1.54) is 5.56 Å². The molecule has 4 rings (SSSR count). The van der Waals surface area contributed by atoms with Gasteiger partial charge in [0, 0.05) is 48.6 Å². The molecule has 0 saturated carbocycles. The minimum absolute atomic E-state index is 0.732. The van der Waals surface area contributed by atoms with Crippen molar-refractivity contribution < 1.29 is 4.42 Å². The third-order valence-electron chi connectivity index (χ3n) is 4.81. The zero-order chi connectivity index (χ0) is 19.3. The van der Waals surface area contributed by atoms with Crippen LogP contribution in [0.5, 0.6) is 0 Å². The predicted octanol–water partition coefficient (Wildman–Crippen LogP) is 5.08. The molecule has 1 aromatic carbocycles. The second-order valence-corrected chi connectivity index (χ2v) is 7.45. The Morgan fingerprint density at radius 3 is 2.82 bits per heavy atom. The Hall–Kier alpha value is -2.63. The number of aryl methyl sites for hydroxylation is 2. The Morgan fingerprint density at radius 2 is 2.04 bits per heavy atom. The molecule has 28 heavy (non-hydrogen) atoms. The van der Waals surface area contributed by atoms with Crippen LogP contribution in [0.2, 0.25) is 5.02 Å². The molecule has 0 spiro atoms. The lowest BCUT2D eigenvalue weighted by Crippen LogP contribution is -2.25. The van der Waals surface area contributed by atoms with Crippen molar-refractivity contribution in [3.05, 3.63) is 83.4 Å². The molecule has 0 radical (unpaired) electrons. The lowest BCUT2D eigenvalue weighted by molar-refractivity contribution is 0.228. The van der Waals surface area contributed by atoms with Crippen LogP contribution in [0.1, 0.15) is 23.5 Å². The van der Waals surface area contributed by atoms with Crippen molar-refractivity contribution in [1.29, 1.82) is 0 Å². The summed E-state index contributed by atoms with van der Waals surface area (Å²) in [5, 5.41) is 1.83. The molecule has 0 bridgehead atoms. The molecule has 0 aliphatic carbocycles. The van der Waals surface area contributed by atoms with E-state index in [9.17, 15) is 0 Å². The topological polar surface area (TPSA) is 47.1 Å². The molecule has 0 N–H and O–H groups in total. The van der Waals surface area contributed by atoms with Crippen LogP contribution >= 0.6 is 11.6 Å². The van der Waals surface area contributed by atoms with Crippen molar-refractivity contribution in [2.75, 3.05) is 6.54 Å². The third kappa shape index (κ3) is 4.61. The monoisotopic (exact) mass is 394 g/mol. The van der Waals surface area contributed by atoms with Gasteiger partial charge in [0.05, 0.1) is 18.4 Å². The first-order chi connectivity index (χ1) is 13.7. The first-order valence-corrected chi connectivity index (χ1v) is 9.82. The first-order valence-electron chi connectivity index (χ1n) is 9.44. The highest BCUT2D eigenvalue weighted by Gasteiger charge is 2.12. The molecule has 4 aromatic rings. The zero-order valence-corrected chi connectivity index (χ0v) is 16.6. The van der Waals surface area contributed by atoms with Crippen LogP contribution in [-0.4, -0.2) is 26.0 Å². The highest BCUT2D eigenvalue weighted by molar-refractivity contribution is 6.31. The highest BCUT2D eigenvalue weighted by Crippen LogP contribution is 2.23. The number of fused-ring (bicyclic) bond motifs is 1. The summed E-state index contributed by atoms with van der Waals surface area (Å²) in [6.07, 6.45) is 8.57. The maximum atomic E-state index is 6.24. The Balaban J connectivity index is 1.53. The molecule has 144 valence electrons. The first kappa shape index (κ1) is 18.7. The maximum Gasteiger partial charge on any atom is 0.118 e. The van der Waals surface area contributed by atoms with E-state index in [4.69, 9.17) is 16.0 Å². The standard InChI is InChI=1S/C22H23ClN4O/c1-17-3-5-20(28-17)15-27(11-2-10-26-12-9-24-16-26)14-18-7-8-25-22-6-4-19(23)13-21(18)22/h3-9,12-13,16H,2,10-11,14-15H2,1H3. The number of benzene rings is 1. The van der Waals surface area contributed by atoms with E-state index in [0.29, 0.717) is 0 Å².